The second-order valence-corrected chi connectivity index (χ2v) is 6.70. The van der Waals surface area contributed by atoms with E-state index in [0.717, 1.165) is 12.0 Å². The molecule has 25 heavy (non-hydrogen) atoms. The topological polar surface area (TPSA) is 58.6 Å². The number of halogens is 1. The van der Waals surface area contributed by atoms with E-state index in [2.05, 4.69) is 5.32 Å². The van der Waals surface area contributed by atoms with Crippen molar-refractivity contribution in [2.75, 3.05) is 19.8 Å². The van der Waals surface area contributed by atoms with Gasteiger partial charge in [-0.2, -0.15) is 0 Å². The van der Waals surface area contributed by atoms with Gasteiger partial charge in [0.05, 0.1) is 0 Å². The van der Waals surface area contributed by atoms with Gasteiger partial charge >= 0.3 is 0 Å². The number of rotatable bonds is 10. The normalized spacial score (nSPS) is 12.1. The molecule has 0 heterocycles. The molecule has 0 fully saturated rings. The largest absolute Gasteiger partial charge is 0.382 e. The number of hydrogen-bond donors (Lipinski definition) is 1. The Hall–Kier alpha value is -1.59. The van der Waals surface area contributed by atoms with Crippen LogP contribution < -0.4 is 5.32 Å². The first kappa shape index (κ1) is 21.5. The van der Waals surface area contributed by atoms with Gasteiger partial charge in [0.15, 0.2) is 0 Å². The Bertz CT molecular complexity index is 546. The van der Waals surface area contributed by atoms with Gasteiger partial charge in [-0.05, 0) is 38.0 Å². The molecule has 0 saturated heterocycles. The molecule has 0 aromatic heterocycles. The average Bonchev–Trinajstić information content (AvgIpc) is 2.59. The maximum Gasteiger partial charge on any atom is 0.242 e. The number of carbonyl (C=O) groups excluding carboxylic acids is 2. The van der Waals surface area contributed by atoms with Crippen LogP contribution in [0.2, 0.25) is 5.02 Å². The summed E-state index contributed by atoms with van der Waals surface area (Å²) in [5.41, 5.74) is 0.939. The SMILES string of the molecule is CCOCCCNC(=O)[C@@H](C)N(Cc1ccc(Cl)cc1)C(=O)C(C)C. The van der Waals surface area contributed by atoms with Crippen LogP contribution in [0.15, 0.2) is 24.3 Å². The first-order valence-electron chi connectivity index (χ1n) is 8.77. The molecule has 140 valence electrons. The Kier molecular flexibility index (Phi) is 9.53. The van der Waals surface area contributed by atoms with Crippen molar-refractivity contribution in [3.8, 4) is 0 Å². The van der Waals surface area contributed by atoms with Gasteiger partial charge in [-0.1, -0.05) is 37.6 Å². The quantitative estimate of drug-likeness (QED) is 0.645. The maximum absolute atomic E-state index is 12.6. The zero-order valence-corrected chi connectivity index (χ0v) is 16.3. The summed E-state index contributed by atoms with van der Waals surface area (Å²) in [7, 11) is 0. The van der Waals surface area contributed by atoms with Crippen molar-refractivity contribution in [3.05, 3.63) is 34.9 Å². The molecule has 1 aromatic rings. The third kappa shape index (κ3) is 7.45. The van der Waals surface area contributed by atoms with Crippen LogP contribution >= 0.6 is 11.6 Å². The van der Waals surface area contributed by atoms with Gasteiger partial charge in [0.2, 0.25) is 11.8 Å². The summed E-state index contributed by atoms with van der Waals surface area (Å²) in [6.07, 6.45) is 0.752. The second-order valence-electron chi connectivity index (χ2n) is 6.26. The Balaban J connectivity index is 2.72. The molecule has 1 aromatic carbocycles. The summed E-state index contributed by atoms with van der Waals surface area (Å²) < 4.78 is 5.25. The second kappa shape index (κ2) is 11.1. The van der Waals surface area contributed by atoms with E-state index >= 15 is 0 Å². The van der Waals surface area contributed by atoms with Crippen molar-refractivity contribution in [2.24, 2.45) is 5.92 Å². The average molecular weight is 369 g/mol. The van der Waals surface area contributed by atoms with Gasteiger partial charge in [0.1, 0.15) is 6.04 Å². The van der Waals surface area contributed by atoms with Gasteiger partial charge in [0.25, 0.3) is 0 Å². The highest BCUT2D eigenvalue weighted by molar-refractivity contribution is 6.30. The van der Waals surface area contributed by atoms with Crippen molar-refractivity contribution in [1.82, 2.24) is 10.2 Å². The Morgan fingerprint density at radius 1 is 1.20 bits per heavy atom. The van der Waals surface area contributed by atoms with E-state index in [1.165, 1.54) is 0 Å². The predicted molar refractivity (Wildman–Crippen MR) is 100 cm³/mol. The van der Waals surface area contributed by atoms with Gasteiger partial charge in [-0.3, -0.25) is 9.59 Å². The van der Waals surface area contributed by atoms with E-state index < -0.39 is 6.04 Å². The number of nitrogens with one attached hydrogen (secondary N) is 1. The minimum absolute atomic E-state index is 0.0492. The summed E-state index contributed by atoms with van der Waals surface area (Å²) in [5.74, 6) is -0.383. The van der Waals surface area contributed by atoms with Crippen LogP contribution in [0.3, 0.4) is 0 Å². The number of ether oxygens (including phenoxy) is 1. The summed E-state index contributed by atoms with van der Waals surface area (Å²) >= 11 is 5.91. The van der Waals surface area contributed by atoms with Crippen LogP contribution in [0.4, 0.5) is 0 Å². The number of nitrogens with zero attached hydrogens (tertiary/aromatic N) is 1. The Labute approximate surface area is 155 Å². The smallest absolute Gasteiger partial charge is 0.242 e. The predicted octanol–water partition coefficient (Wildman–Crippen LogP) is 3.26. The van der Waals surface area contributed by atoms with Crippen molar-refractivity contribution < 1.29 is 14.3 Å². The number of benzene rings is 1. The van der Waals surface area contributed by atoms with Crippen molar-refractivity contribution in [3.63, 3.8) is 0 Å². The molecule has 0 spiro atoms. The van der Waals surface area contributed by atoms with Crippen LogP contribution in [0.1, 0.15) is 39.7 Å². The monoisotopic (exact) mass is 368 g/mol. The lowest BCUT2D eigenvalue weighted by Crippen LogP contribution is -2.49. The van der Waals surface area contributed by atoms with Crippen LogP contribution in [0.5, 0.6) is 0 Å². The molecule has 6 heteroatoms. The highest BCUT2D eigenvalue weighted by Crippen LogP contribution is 2.15. The van der Waals surface area contributed by atoms with E-state index in [4.69, 9.17) is 16.3 Å². The molecule has 0 aliphatic heterocycles. The molecule has 0 radical (unpaired) electrons. The lowest BCUT2D eigenvalue weighted by molar-refractivity contribution is -0.143. The summed E-state index contributed by atoms with van der Waals surface area (Å²) in [6.45, 7) is 9.57. The maximum atomic E-state index is 12.6. The summed E-state index contributed by atoms with van der Waals surface area (Å²) in [4.78, 5) is 26.6. The summed E-state index contributed by atoms with van der Waals surface area (Å²) in [5, 5.41) is 3.52. The standard InChI is InChI=1S/C19H29ClN2O3/c1-5-25-12-6-11-21-18(23)15(4)22(19(24)14(2)3)13-16-7-9-17(20)10-8-16/h7-10,14-15H,5-6,11-13H2,1-4H3,(H,21,23)/t15-/m1/s1. The van der Waals surface area contributed by atoms with Gasteiger partial charge in [0, 0.05) is 37.2 Å². The van der Waals surface area contributed by atoms with E-state index in [9.17, 15) is 9.59 Å². The van der Waals surface area contributed by atoms with Crippen molar-refractivity contribution >= 4 is 23.4 Å². The number of hydrogen-bond acceptors (Lipinski definition) is 3. The molecular formula is C19H29ClN2O3. The number of amides is 2. The minimum atomic E-state index is -0.544. The van der Waals surface area contributed by atoms with Gasteiger partial charge < -0.3 is 15.0 Å². The Morgan fingerprint density at radius 2 is 1.84 bits per heavy atom. The highest BCUT2D eigenvalue weighted by atomic mass is 35.5. The zero-order valence-electron chi connectivity index (χ0n) is 15.5. The van der Waals surface area contributed by atoms with E-state index in [1.807, 2.05) is 32.9 Å². The van der Waals surface area contributed by atoms with E-state index in [1.54, 1.807) is 24.0 Å². The molecule has 5 nitrogen and oxygen atoms in total. The van der Waals surface area contributed by atoms with Gasteiger partial charge in [-0.15, -0.1) is 0 Å². The molecule has 1 rings (SSSR count). The fourth-order valence-electron chi connectivity index (χ4n) is 2.34. The van der Waals surface area contributed by atoms with Crippen LogP contribution in [0.25, 0.3) is 0 Å². The lowest BCUT2D eigenvalue weighted by Gasteiger charge is -2.30. The molecule has 0 unspecified atom stereocenters. The summed E-state index contributed by atoms with van der Waals surface area (Å²) in [6, 6.07) is 6.77. The minimum Gasteiger partial charge on any atom is -0.382 e. The molecule has 0 saturated carbocycles. The molecule has 1 atom stereocenters. The molecule has 2 amide bonds. The van der Waals surface area contributed by atoms with Crippen molar-refractivity contribution in [1.29, 1.82) is 0 Å². The third-order valence-corrected chi connectivity index (χ3v) is 4.11. The first-order valence-corrected chi connectivity index (χ1v) is 9.15. The number of carbonyl (C=O) groups is 2. The van der Waals surface area contributed by atoms with Gasteiger partial charge in [-0.25, -0.2) is 0 Å². The fraction of sp³-hybridized carbons (Fsp3) is 0.579. The first-order chi connectivity index (χ1) is 11.9. The van der Waals surface area contributed by atoms with Crippen LogP contribution in [-0.2, 0) is 20.9 Å². The van der Waals surface area contributed by atoms with E-state index in [0.29, 0.717) is 31.3 Å². The molecule has 0 aliphatic rings. The lowest BCUT2D eigenvalue weighted by atomic mass is 10.1. The molecule has 0 bridgehead atoms. The third-order valence-electron chi connectivity index (χ3n) is 3.86. The molecule has 1 N–H and O–H groups in total. The fourth-order valence-corrected chi connectivity index (χ4v) is 2.47. The molecular weight excluding hydrogens is 340 g/mol. The zero-order chi connectivity index (χ0) is 18.8. The molecule has 0 aliphatic carbocycles. The van der Waals surface area contributed by atoms with E-state index in [-0.39, 0.29) is 17.7 Å². The van der Waals surface area contributed by atoms with Crippen LogP contribution in [-0.4, -0.2) is 42.5 Å². The van der Waals surface area contributed by atoms with Crippen LogP contribution in [0, 0.1) is 5.92 Å². The highest BCUT2D eigenvalue weighted by Gasteiger charge is 2.27. The Morgan fingerprint density at radius 3 is 2.40 bits per heavy atom. The van der Waals surface area contributed by atoms with Crippen molar-refractivity contribution in [2.45, 2.75) is 46.7 Å².